The van der Waals surface area contributed by atoms with Gasteiger partial charge in [-0.2, -0.15) is 0 Å². The van der Waals surface area contributed by atoms with E-state index in [-0.39, 0.29) is 26.9 Å². The topological polar surface area (TPSA) is 67.5 Å². The van der Waals surface area contributed by atoms with E-state index in [1.54, 1.807) is 25.1 Å². The molecular formula is C22H13BrF2O4. The lowest BCUT2D eigenvalue weighted by molar-refractivity contribution is 0.112. The highest BCUT2D eigenvalue weighted by molar-refractivity contribution is 9.10. The molecule has 0 amide bonds. The molecule has 4 nitrogen and oxygen atoms in total. The molecule has 0 unspecified atom stereocenters. The summed E-state index contributed by atoms with van der Waals surface area (Å²) in [6, 6.07) is 7.08. The van der Waals surface area contributed by atoms with Crippen LogP contribution in [0.2, 0.25) is 0 Å². The molecule has 2 aromatic rings. The number of benzene rings is 3. The number of carbonyl (C=O) groups is 1. The van der Waals surface area contributed by atoms with Crippen LogP contribution in [-0.4, -0.2) is 11.4 Å². The van der Waals surface area contributed by atoms with E-state index in [4.69, 9.17) is 4.42 Å². The summed E-state index contributed by atoms with van der Waals surface area (Å²) in [5.74, 6) is -2.33. The number of fused-ring (bicyclic) bond motifs is 2. The Morgan fingerprint density at radius 2 is 1.79 bits per heavy atom. The first-order valence-electron chi connectivity index (χ1n) is 8.57. The van der Waals surface area contributed by atoms with Crippen molar-refractivity contribution in [1.29, 1.82) is 0 Å². The summed E-state index contributed by atoms with van der Waals surface area (Å²) in [4.78, 5) is 23.2. The number of hydrogen-bond donors (Lipinski definition) is 1. The molecule has 0 fully saturated rings. The summed E-state index contributed by atoms with van der Waals surface area (Å²) in [6.07, 6.45) is 0.704. The lowest BCUT2D eigenvalue weighted by atomic mass is 9.89. The van der Waals surface area contributed by atoms with Crippen LogP contribution in [0.1, 0.15) is 21.5 Å². The SMILES string of the molecule is Cc1cc(C=O)ccc1-c1c2cc(F)c(=O)c(Br)c-2oc2c(C)c(O)c(F)cc12. The van der Waals surface area contributed by atoms with E-state index in [2.05, 4.69) is 15.9 Å². The Hall–Kier alpha value is -3.06. The molecule has 0 radical (unpaired) electrons. The molecule has 1 aliphatic carbocycles. The molecule has 4 rings (SSSR count). The fraction of sp³-hybridized carbons (Fsp3) is 0.0909. The molecule has 1 N–H and O–H groups in total. The number of phenols is 1. The Morgan fingerprint density at radius 3 is 2.45 bits per heavy atom. The largest absolute Gasteiger partial charge is 0.505 e. The van der Waals surface area contributed by atoms with E-state index in [0.717, 1.165) is 12.1 Å². The van der Waals surface area contributed by atoms with Crippen LogP contribution in [0.3, 0.4) is 0 Å². The number of aromatic hydroxyl groups is 1. The summed E-state index contributed by atoms with van der Waals surface area (Å²) in [7, 11) is 0. The Labute approximate surface area is 171 Å². The molecular weight excluding hydrogens is 446 g/mol. The number of aldehydes is 1. The quantitative estimate of drug-likeness (QED) is 0.307. The predicted molar refractivity (Wildman–Crippen MR) is 109 cm³/mol. The second kappa shape index (κ2) is 6.77. The van der Waals surface area contributed by atoms with Gasteiger partial charge in [0.1, 0.15) is 16.3 Å². The third-order valence-electron chi connectivity index (χ3n) is 4.97. The molecule has 2 aliphatic rings. The zero-order valence-electron chi connectivity index (χ0n) is 15.3. The van der Waals surface area contributed by atoms with E-state index >= 15 is 0 Å². The fourth-order valence-corrected chi connectivity index (χ4v) is 4.00. The van der Waals surface area contributed by atoms with Crippen molar-refractivity contribution in [1.82, 2.24) is 0 Å². The van der Waals surface area contributed by atoms with Crippen LogP contribution in [0.25, 0.3) is 33.4 Å². The molecule has 29 heavy (non-hydrogen) atoms. The molecule has 146 valence electrons. The maximum Gasteiger partial charge on any atom is 0.232 e. The molecule has 7 heteroatoms. The van der Waals surface area contributed by atoms with Crippen molar-refractivity contribution in [2.24, 2.45) is 0 Å². The van der Waals surface area contributed by atoms with Gasteiger partial charge in [0.2, 0.25) is 5.43 Å². The average molecular weight is 459 g/mol. The fourth-order valence-electron chi connectivity index (χ4n) is 3.51. The first kappa shape index (κ1) is 19.3. The van der Waals surface area contributed by atoms with Crippen LogP contribution in [0.4, 0.5) is 8.78 Å². The highest BCUT2D eigenvalue weighted by Gasteiger charge is 2.26. The summed E-state index contributed by atoms with van der Waals surface area (Å²) in [6.45, 7) is 3.25. The highest BCUT2D eigenvalue weighted by Crippen LogP contribution is 2.46. The van der Waals surface area contributed by atoms with Gasteiger partial charge in [0, 0.05) is 27.6 Å². The minimum atomic E-state index is -0.988. The Balaban J connectivity index is 2.29. The van der Waals surface area contributed by atoms with Crippen LogP contribution in [0.5, 0.6) is 5.75 Å². The van der Waals surface area contributed by atoms with E-state index < -0.39 is 22.8 Å². The van der Waals surface area contributed by atoms with Gasteiger partial charge >= 0.3 is 0 Å². The minimum absolute atomic E-state index is 0.0758. The Morgan fingerprint density at radius 1 is 1.07 bits per heavy atom. The lowest BCUT2D eigenvalue weighted by Crippen LogP contribution is -2.10. The van der Waals surface area contributed by atoms with Crippen molar-refractivity contribution in [2.75, 3.05) is 0 Å². The van der Waals surface area contributed by atoms with Gasteiger partial charge < -0.3 is 9.52 Å². The first-order valence-corrected chi connectivity index (χ1v) is 9.36. The van der Waals surface area contributed by atoms with E-state index in [1.165, 1.54) is 6.92 Å². The van der Waals surface area contributed by atoms with Crippen molar-refractivity contribution in [3.63, 3.8) is 0 Å². The van der Waals surface area contributed by atoms with Gasteiger partial charge in [-0.1, -0.05) is 12.1 Å². The maximum atomic E-state index is 14.4. The van der Waals surface area contributed by atoms with E-state index in [1.807, 2.05) is 0 Å². The highest BCUT2D eigenvalue weighted by atomic mass is 79.9. The van der Waals surface area contributed by atoms with Crippen molar-refractivity contribution >= 4 is 33.2 Å². The van der Waals surface area contributed by atoms with Crippen LogP contribution < -0.4 is 5.43 Å². The molecule has 2 aromatic carbocycles. The van der Waals surface area contributed by atoms with Gasteiger partial charge in [0.05, 0.1) is 0 Å². The normalized spacial score (nSPS) is 11.3. The zero-order chi connectivity index (χ0) is 21.0. The predicted octanol–water partition coefficient (Wildman–Crippen LogP) is 5.74. The average Bonchev–Trinajstić information content (AvgIpc) is 2.70. The van der Waals surface area contributed by atoms with Gasteiger partial charge in [0.25, 0.3) is 0 Å². The second-order valence-corrected chi connectivity index (χ2v) is 7.55. The first-order chi connectivity index (χ1) is 13.7. The number of rotatable bonds is 2. The smallest absolute Gasteiger partial charge is 0.232 e. The van der Waals surface area contributed by atoms with Gasteiger partial charge in [-0.15, -0.1) is 0 Å². The second-order valence-electron chi connectivity index (χ2n) is 6.76. The molecule has 0 spiro atoms. The number of phenolic OH excluding ortho intramolecular Hbond substituents is 1. The summed E-state index contributed by atoms with van der Waals surface area (Å²) in [5, 5.41) is 10.3. The monoisotopic (exact) mass is 458 g/mol. The Kier molecular flexibility index (Phi) is 4.50. The van der Waals surface area contributed by atoms with Crippen molar-refractivity contribution in [2.45, 2.75) is 13.8 Å². The molecule has 0 saturated carbocycles. The van der Waals surface area contributed by atoms with Gasteiger partial charge in [0.15, 0.2) is 23.1 Å². The van der Waals surface area contributed by atoms with Crippen LogP contribution >= 0.6 is 15.9 Å². The summed E-state index contributed by atoms with van der Waals surface area (Å²) < 4.78 is 34.4. The molecule has 1 aliphatic heterocycles. The molecule has 0 aromatic heterocycles. The Bertz CT molecular complexity index is 1360. The summed E-state index contributed by atoms with van der Waals surface area (Å²) in [5.41, 5.74) is 1.88. The third kappa shape index (κ3) is 2.84. The summed E-state index contributed by atoms with van der Waals surface area (Å²) >= 11 is 3.09. The van der Waals surface area contributed by atoms with Crippen LogP contribution in [-0.2, 0) is 0 Å². The van der Waals surface area contributed by atoms with Crippen molar-refractivity contribution < 1.29 is 23.1 Å². The number of aryl methyl sites for hydroxylation is 2. The number of hydrogen-bond acceptors (Lipinski definition) is 4. The lowest BCUT2D eigenvalue weighted by Gasteiger charge is -2.19. The van der Waals surface area contributed by atoms with Gasteiger partial charge in [-0.3, -0.25) is 9.59 Å². The standard InChI is InChI=1S/C22H13BrF2O4/c1-9-5-11(8-26)3-4-12(9)17-13-6-15(24)19(27)10(2)21(13)29-22-14(17)7-16(25)20(28)18(22)23/h3-8,27H,1-2H3. The van der Waals surface area contributed by atoms with E-state index in [0.29, 0.717) is 33.9 Å². The number of halogens is 3. The molecule has 0 atom stereocenters. The third-order valence-corrected chi connectivity index (χ3v) is 5.69. The van der Waals surface area contributed by atoms with Crippen molar-refractivity contribution in [3.8, 4) is 28.2 Å². The molecule has 0 bridgehead atoms. The molecule has 0 saturated heterocycles. The minimum Gasteiger partial charge on any atom is -0.505 e. The van der Waals surface area contributed by atoms with Crippen LogP contribution in [0, 0.1) is 25.5 Å². The zero-order valence-corrected chi connectivity index (χ0v) is 16.9. The van der Waals surface area contributed by atoms with E-state index in [9.17, 15) is 23.5 Å². The van der Waals surface area contributed by atoms with Crippen LogP contribution in [0.15, 0.2) is 44.0 Å². The maximum absolute atomic E-state index is 14.4. The molecule has 1 heterocycles. The van der Waals surface area contributed by atoms with Gasteiger partial charge in [-0.05, 0) is 59.1 Å². The van der Waals surface area contributed by atoms with Gasteiger partial charge in [-0.25, -0.2) is 8.78 Å². The van der Waals surface area contributed by atoms with Crippen molar-refractivity contribution in [3.05, 3.63) is 73.4 Å². The number of carbonyl (C=O) groups excluding carboxylic acids is 1.